The lowest BCUT2D eigenvalue weighted by Gasteiger charge is -2.34. The Morgan fingerprint density at radius 1 is 1.28 bits per heavy atom. The Bertz CT molecular complexity index is 709. The number of morpholine rings is 1. The second-order valence-electron chi connectivity index (χ2n) is 5.81. The molecule has 1 aromatic heterocycles. The van der Waals surface area contributed by atoms with Gasteiger partial charge in [-0.2, -0.15) is 0 Å². The zero-order valence-corrected chi connectivity index (χ0v) is 13.9. The topological polar surface area (TPSA) is 54.7 Å². The lowest BCUT2D eigenvalue weighted by atomic mass is 10.0. The molecule has 132 valence electrons. The van der Waals surface area contributed by atoms with E-state index in [1.54, 1.807) is 30.5 Å². The minimum atomic E-state index is -0.278. The molecule has 2 heterocycles. The van der Waals surface area contributed by atoms with Crippen LogP contribution in [0.2, 0.25) is 0 Å². The fraction of sp³-hybridized carbons (Fsp3) is 0.316. The minimum Gasteiger partial charge on any atom is -0.465 e. The van der Waals surface area contributed by atoms with Crippen LogP contribution in [0.1, 0.15) is 17.4 Å². The molecule has 25 heavy (non-hydrogen) atoms. The zero-order valence-electron chi connectivity index (χ0n) is 13.9. The number of ether oxygens (including phenoxy) is 1. The number of carbonyl (C=O) groups is 1. The fourth-order valence-corrected chi connectivity index (χ4v) is 2.86. The number of hydrogen-bond donors (Lipinski definition) is 1. The second-order valence-corrected chi connectivity index (χ2v) is 5.81. The standard InChI is InChI=1S/C19H21FN2O3/c20-16-4-1-3-15(13-16)18(22-8-11-24-12-9-22)14-21-19(23)7-6-17-5-2-10-25-17/h1-7,10,13,18H,8-9,11-12,14H2,(H,21,23). The smallest absolute Gasteiger partial charge is 0.244 e. The first-order chi connectivity index (χ1) is 12.2. The van der Waals surface area contributed by atoms with E-state index in [9.17, 15) is 9.18 Å². The summed E-state index contributed by atoms with van der Waals surface area (Å²) in [6, 6.07) is 9.95. The highest BCUT2D eigenvalue weighted by Gasteiger charge is 2.23. The summed E-state index contributed by atoms with van der Waals surface area (Å²) >= 11 is 0. The summed E-state index contributed by atoms with van der Waals surface area (Å²) in [7, 11) is 0. The van der Waals surface area contributed by atoms with E-state index < -0.39 is 0 Å². The van der Waals surface area contributed by atoms with Gasteiger partial charge in [0.05, 0.1) is 25.5 Å². The maximum Gasteiger partial charge on any atom is 0.244 e. The predicted octanol–water partition coefficient (Wildman–Crippen LogP) is 2.62. The third-order valence-electron chi connectivity index (χ3n) is 4.13. The molecule has 1 aliphatic heterocycles. The van der Waals surface area contributed by atoms with Crippen molar-refractivity contribution in [2.75, 3.05) is 32.8 Å². The van der Waals surface area contributed by atoms with E-state index in [1.807, 2.05) is 6.07 Å². The average Bonchev–Trinajstić information content (AvgIpc) is 3.15. The summed E-state index contributed by atoms with van der Waals surface area (Å²) in [5.41, 5.74) is 0.845. The van der Waals surface area contributed by atoms with Crippen molar-refractivity contribution < 1.29 is 18.3 Å². The summed E-state index contributed by atoms with van der Waals surface area (Å²) in [5, 5.41) is 2.89. The predicted molar refractivity (Wildman–Crippen MR) is 92.3 cm³/mol. The van der Waals surface area contributed by atoms with Gasteiger partial charge in [0, 0.05) is 25.7 Å². The molecule has 5 nitrogen and oxygen atoms in total. The highest BCUT2D eigenvalue weighted by Crippen LogP contribution is 2.22. The summed E-state index contributed by atoms with van der Waals surface area (Å²) in [6.07, 6.45) is 4.60. The Labute approximate surface area is 146 Å². The van der Waals surface area contributed by atoms with E-state index in [-0.39, 0.29) is 17.8 Å². The van der Waals surface area contributed by atoms with E-state index in [0.29, 0.717) is 25.5 Å². The first-order valence-electron chi connectivity index (χ1n) is 8.29. The number of hydrogen-bond acceptors (Lipinski definition) is 4. The normalized spacial score (nSPS) is 16.8. The van der Waals surface area contributed by atoms with Crippen molar-refractivity contribution in [3.8, 4) is 0 Å². The lowest BCUT2D eigenvalue weighted by molar-refractivity contribution is -0.116. The summed E-state index contributed by atoms with van der Waals surface area (Å²) in [4.78, 5) is 14.3. The Kier molecular flexibility index (Phi) is 5.98. The van der Waals surface area contributed by atoms with E-state index >= 15 is 0 Å². The van der Waals surface area contributed by atoms with Crippen molar-refractivity contribution in [2.45, 2.75) is 6.04 Å². The van der Waals surface area contributed by atoms with Gasteiger partial charge in [-0.3, -0.25) is 9.69 Å². The van der Waals surface area contributed by atoms with Crippen molar-refractivity contribution >= 4 is 12.0 Å². The quantitative estimate of drug-likeness (QED) is 0.819. The molecule has 1 atom stereocenters. The van der Waals surface area contributed by atoms with Gasteiger partial charge in [-0.25, -0.2) is 4.39 Å². The molecule has 0 spiro atoms. The number of furan rings is 1. The molecule has 1 amide bonds. The van der Waals surface area contributed by atoms with Gasteiger partial charge in [0.15, 0.2) is 0 Å². The maximum atomic E-state index is 13.6. The molecule has 6 heteroatoms. The first kappa shape index (κ1) is 17.4. The largest absolute Gasteiger partial charge is 0.465 e. The van der Waals surface area contributed by atoms with E-state index in [0.717, 1.165) is 18.7 Å². The number of halogens is 1. The first-order valence-corrected chi connectivity index (χ1v) is 8.29. The lowest BCUT2D eigenvalue weighted by Crippen LogP contribution is -2.43. The van der Waals surface area contributed by atoms with Crippen LogP contribution in [0.15, 0.2) is 53.2 Å². The molecule has 1 aliphatic rings. The summed E-state index contributed by atoms with van der Waals surface area (Å²) in [6.45, 7) is 3.17. The van der Waals surface area contributed by atoms with Crippen molar-refractivity contribution in [3.05, 3.63) is 65.9 Å². The van der Waals surface area contributed by atoms with Crippen LogP contribution < -0.4 is 5.32 Å². The van der Waals surface area contributed by atoms with Gasteiger partial charge in [-0.05, 0) is 35.9 Å². The van der Waals surface area contributed by atoms with Gasteiger partial charge >= 0.3 is 0 Å². The van der Waals surface area contributed by atoms with Crippen LogP contribution in [-0.2, 0) is 9.53 Å². The summed E-state index contributed by atoms with van der Waals surface area (Å²) < 4.78 is 24.2. The average molecular weight is 344 g/mol. The van der Waals surface area contributed by atoms with Crippen LogP contribution >= 0.6 is 0 Å². The monoisotopic (exact) mass is 344 g/mol. The highest BCUT2D eigenvalue weighted by molar-refractivity contribution is 5.91. The minimum absolute atomic E-state index is 0.0967. The second kappa shape index (κ2) is 8.60. The van der Waals surface area contributed by atoms with Crippen LogP contribution in [0.25, 0.3) is 6.08 Å². The molecular weight excluding hydrogens is 323 g/mol. The van der Waals surface area contributed by atoms with Crippen LogP contribution in [0.5, 0.6) is 0 Å². The molecule has 0 bridgehead atoms. The third kappa shape index (κ3) is 5.01. The number of carbonyl (C=O) groups excluding carboxylic acids is 1. The molecule has 0 aliphatic carbocycles. The third-order valence-corrected chi connectivity index (χ3v) is 4.13. The molecule has 1 aromatic carbocycles. The van der Waals surface area contributed by atoms with Crippen LogP contribution in [0.3, 0.4) is 0 Å². The molecule has 1 unspecified atom stereocenters. The Morgan fingerprint density at radius 2 is 2.12 bits per heavy atom. The van der Waals surface area contributed by atoms with Crippen molar-refractivity contribution in [2.24, 2.45) is 0 Å². The molecule has 2 aromatic rings. The summed E-state index contributed by atoms with van der Waals surface area (Å²) in [5.74, 6) is 0.121. The van der Waals surface area contributed by atoms with Crippen molar-refractivity contribution in [1.29, 1.82) is 0 Å². The zero-order chi connectivity index (χ0) is 17.5. The van der Waals surface area contributed by atoms with Crippen LogP contribution in [0.4, 0.5) is 4.39 Å². The highest BCUT2D eigenvalue weighted by atomic mass is 19.1. The number of rotatable bonds is 6. The fourth-order valence-electron chi connectivity index (χ4n) is 2.86. The molecule has 1 saturated heterocycles. The van der Waals surface area contributed by atoms with Gasteiger partial charge in [0.25, 0.3) is 0 Å². The van der Waals surface area contributed by atoms with Gasteiger partial charge in [-0.15, -0.1) is 0 Å². The molecular formula is C19H21FN2O3. The molecule has 0 saturated carbocycles. The number of benzene rings is 1. The molecule has 0 radical (unpaired) electrons. The van der Waals surface area contributed by atoms with Gasteiger partial charge in [0.2, 0.25) is 5.91 Å². The number of amides is 1. The van der Waals surface area contributed by atoms with Crippen molar-refractivity contribution in [3.63, 3.8) is 0 Å². The van der Waals surface area contributed by atoms with Gasteiger partial charge < -0.3 is 14.5 Å². The molecule has 1 N–H and O–H groups in total. The molecule has 3 rings (SSSR count). The van der Waals surface area contributed by atoms with Crippen LogP contribution in [0, 0.1) is 5.82 Å². The van der Waals surface area contributed by atoms with Crippen molar-refractivity contribution in [1.82, 2.24) is 10.2 Å². The Morgan fingerprint density at radius 3 is 2.84 bits per heavy atom. The van der Waals surface area contributed by atoms with E-state index in [1.165, 1.54) is 18.2 Å². The Balaban J connectivity index is 1.65. The SMILES string of the molecule is O=C(C=Cc1ccco1)NCC(c1cccc(F)c1)N1CCOCC1. The van der Waals surface area contributed by atoms with Gasteiger partial charge in [-0.1, -0.05) is 12.1 Å². The Hall–Kier alpha value is -2.44. The number of nitrogens with zero attached hydrogens (tertiary/aromatic N) is 1. The van der Waals surface area contributed by atoms with Crippen LogP contribution in [-0.4, -0.2) is 43.7 Å². The van der Waals surface area contributed by atoms with E-state index in [4.69, 9.17) is 9.15 Å². The van der Waals surface area contributed by atoms with Gasteiger partial charge in [0.1, 0.15) is 11.6 Å². The molecule has 1 fully saturated rings. The van der Waals surface area contributed by atoms with E-state index in [2.05, 4.69) is 10.2 Å². The maximum absolute atomic E-state index is 13.6. The number of nitrogens with one attached hydrogen (secondary N) is 1.